The molecule has 6 nitrogen and oxygen atoms in total. The summed E-state index contributed by atoms with van der Waals surface area (Å²) in [5, 5.41) is 0. The Bertz CT molecular complexity index is 470. The maximum Gasteiger partial charge on any atom is 0.319 e. The Morgan fingerprint density at radius 1 is 0.958 bits per heavy atom. The van der Waals surface area contributed by atoms with E-state index in [9.17, 15) is 4.79 Å². The van der Waals surface area contributed by atoms with E-state index in [-0.39, 0.29) is 12.5 Å². The van der Waals surface area contributed by atoms with Gasteiger partial charge in [0.05, 0.1) is 27.9 Å². The highest BCUT2D eigenvalue weighted by molar-refractivity contribution is 5.71. The molecule has 0 aliphatic heterocycles. The van der Waals surface area contributed by atoms with Crippen molar-refractivity contribution in [2.75, 3.05) is 48.1 Å². The predicted molar refractivity (Wildman–Crippen MR) is 92.6 cm³/mol. The monoisotopic (exact) mass is 339 g/mol. The molecule has 136 valence electrons. The minimum atomic E-state index is -0.234. The fourth-order valence-electron chi connectivity index (χ4n) is 2.44. The molecule has 0 saturated carbocycles. The van der Waals surface area contributed by atoms with Crippen molar-refractivity contribution in [3.05, 3.63) is 23.8 Å². The minimum absolute atomic E-state index is 0.234. The average Bonchev–Trinajstić information content (AvgIpc) is 2.60. The Hall–Kier alpha value is -1.79. The van der Waals surface area contributed by atoms with Crippen molar-refractivity contribution in [1.82, 2.24) is 4.90 Å². The molecule has 0 amide bonds. The number of methoxy groups -OCH3 is 4. The van der Waals surface area contributed by atoms with Gasteiger partial charge in [0.1, 0.15) is 11.5 Å². The summed E-state index contributed by atoms with van der Waals surface area (Å²) in [6, 6.07) is 5.74. The van der Waals surface area contributed by atoms with E-state index in [0.717, 1.165) is 49.5 Å². The summed E-state index contributed by atoms with van der Waals surface area (Å²) in [5.41, 5.74) is 1.03. The SMILES string of the molecule is COCCCCCN(CC(=O)OC)Cc1cc(OC)cc(OC)c1. The molecule has 0 saturated heterocycles. The molecule has 0 bridgehead atoms. The lowest BCUT2D eigenvalue weighted by Gasteiger charge is -2.21. The molecule has 0 aromatic heterocycles. The lowest BCUT2D eigenvalue weighted by molar-refractivity contribution is -0.142. The maximum atomic E-state index is 11.7. The van der Waals surface area contributed by atoms with Gasteiger partial charge in [0, 0.05) is 26.3 Å². The lowest BCUT2D eigenvalue weighted by atomic mass is 10.1. The van der Waals surface area contributed by atoms with Crippen molar-refractivity contribution in [3.8, 4) is 11.5 Å². The number of benzene rings is 1. The van der Waals surface area contributed by atoms with Gasteiger partial charge in [-0.25, -0.2) is 0 Å². The maximum absolute atomic E-state index is 11.7. The van der Waals surface area contributed by atoms with Crippen molar-refractivity contribution in [2.24, 2.45) is 0 Å². The predicted octanol–water partition coefficient (Wildman–Crippen LogP) is 2.50. The molecule has 0 spiro atoms. The third-order valence-electron chi connectivity index (χ3n) is 3.72. The van der Waals surface area contributed by atoms with Crippen LogP contribution < -0.4 is 9.47 Å². The second kappa shape index (κ2) is 11.7. The van der Waals surface area contributed by atoms with Crippen molar-refractivity contribution in [3.63, 3.8) is 0 Å². The molecular formula is C18H29NO5. The van der Waals surface area contributed by atoms with E-state index in [0.29, 0.717) is 6.54 Å². The molecule has 1 aromatic carbocycles. The molecule has 24 heavy (non-hydrogen) atoms. The first-order valence-electron chi connectivity index (χ1n) is 8.13. The van der Waals surface area contributed by atoms with Gasteiger partial charge in [-0.3, -0.25) is 9.69 Å². The number of hydrogen-bond donors (Lipinski definition) is 0. The summed E-state index contributed by atoms with van der Waals surface area (Å²) in [4.78, 5) is 13.7. The zero-order valence-corrected chi connectivity index (χ0v) is 15.2. The largest absolute Gasteiger partial charge is 0.497 e. The zero-order chi connectivity index (χ0) is 17.8. The Kier molecular flexibility index (Phi) is 9.88. The van der Waals surface area contributed by atoms with Crippen LogP contribution in [-0.2, 0) is 20.8 Å². The van der Waals surface area contributed by atoms with Crippen LogP contribution in [0.5, 0.6) is 11.5 Å². The number of ether oxygens (including phenoxy) is 4. The van der Waals surface area contributed by atoms with Crippen molar-refractivity contribution < 1.29 is 23.7 Å². The second-order valence-corrected chi connectivity index (χ2v) is 5.56. The topological polar surface area (TPSA) is 57.2 Å². The smallest absolute Gasteiger partial charge is 0.319 e. The molecule has 0 N–H and O–H groups in total. The van der Waals surface area contributed by atoms with Crippen LogP contribution in [0.2, 0.25) is 0 Å². The van der Waals surface area contributed by atoms with Gasteiger partial charge in [-0.05, 0) is 43.5 Å². The van der Waals surface area contributed by atoms with Gasteiger partial charge in [-0.15, -0.1) is 0 Å². The molecule has 1 rings (SSSR count). The highest BCUT2D eigenvalue weighted by Gasteiger charge is 2.13. The molecule has 0 radical (unpaired) electrons. The molecular weight excluding hydrogens is 310 g/mol. The molecule has 0 unspecified atom stereocenters. The van der Waals surface area contributed by atoms with Crippen LogP contribution in [0.1, 0.15) is 24.8 Å². The van der Waals surface area contributed by atoms with Gasteiger partial charge < -0.3 is 18.9 Å². The highest BCUT2D eigenvalue weighted by Crippen LogP contribution is 2.23. The number of carbonyl (C=O) groups excluding carboxylic acids is 1. The Morgan fingerprint density at radius 3 is 2.17 bits per heavy atom. The lowest BCUT2D eigenvalue weighted by Crippen LogP contribution is -2.31. The van der Waals surface area contributed by atoms with E-state index in [4.69, 9.17) is 18.9 Å². The highest BCUT2D eigenvalue weighted by atomic mass is 16.5. The van der Waals surface area contributed by atoms with Crippen LogP contribution in [-0.4, -0.2) is 59.0 Å². The van der Waals surface area contributed by atoms with Crippen LogP contribution >= 0.6 is 0 Å². The second-order valence-electron chi connectivity index (χ2n) is 5.56. The van der Waals surface area contributed by atoms with E-state index in [1.165, 1.54) is 7.11 Å². The third kappa shape index (κ3) is 7.66. The molecule has 0 aliphatic carbocycles. The number of unbranched alkanes of at least 4 members (excludes halogenated alkanes) is 2. The molecule has 1 aromatic rings. The van der Waals surface area contributed by atoms with E-state index in [2.05, 4.69) is 4.90 Å². The van der Waals surface area contributed by atoms with E-state index in [1.54, 1.807) is 21.3 Å². The van der Waals surface area contributed by atoms with E-state index in [1.807, 2.05) is 18.2 Å². The normalized spacial score (nSPS) is 10.7. The first-order chi connectivity index (χ1) is 11.6. The summed E-state index contributed by atoms with van der Waals surface area (Å²) in [5.74, 6) is 1.24. The summed E-state index contributed by atoms with van der Waals surface area (Å²) in [6.07, 6.45) is 3.09. The standard InChI is InChI=1S/C18H29NO5/c1-21-9-7-5-6-8-19(14-18(20)24-4)13-15-10-16(22-2)12-17(11-15)23-3/h10-12H,5-9,13-14H2,1-4H3. The molecule has 0 aliphatic rings. The number of esters is 1. The Labute approximate surface area is 144 Å². The van der Waals surface area contributed by atoms with E-state index < -0.39 is 0 Å². The number of rotatable bonds is 12. The van der Waals surface area contributed by atoms with Gasteiger partial charge in [-0.2, -0.15) is 0 Å². The first-order valence-corrected chi connectivity index (χ1v) is 8.13. The van der Waals surface area contributed by atoms with Crippen molar-refractivity contribution >= 4 is 5.97 Å². The number of carbonyl (C=O) groups is 1. The Balaban J connectivity index is 2.70. The zero-order valence-electron chi connectivity index (χ0n) is 15.2. The van der Waals surface area contributed by atoms with E-state index >= 15 is 0 Å². The van der Waals surface area contributed by atoms with Crippen LogP contribution in [0.15, 0.2) is 18.2 Å². The Morgan fingerprint density at radius 2 is 1.62 bits per heavy atom. The quantitative estimate of drug-likeness (QED) is 0.431. The first kappa shape index (κ1) is 20.3. The van der Waals surface area contributed by atoms with Crippen LogP contribution in [0.25, 0.3) is 0 Å². The van der Waals surface area contributed by atoms with Gasteiger partial charge in [0.2, 0.25) is 0 Å². The van der Waals surface area contributed by atoms with Gasteiger partial charge in [0.15, 0.2) is 0 Å². The van der Waals surface area contributed by atoms with Gasteiger partial charge in [0.25, 0.3) is 0 Å². The average molecular weight is 339 g/mol. The third-order valence-corrected chi connectivity index (χ3v) is 3.72. The number of hydrogen-bond acceptors (Lipinski definition) is 6. The van der Waals surface area contributed by atoms with Crippen molar-refractivity contribution in [2.45, 2.75) is 25.8 Å². The summed E-state index contributed by atoms with van der Waals surface area (Å²) >= 11 is 0. The molecule has 0 heterocycles. The summed E-state index contributed by atoms with van der Waals surface area (Å²) in [7, 11) is 6.37. The number of nitrogens with zero attached hydrogens (tertiary/aromatic N) is 1. The van der Waals surface area contributed by atoms with Crippen LogP contribution in [0.3, 0.4) is 0 Å². The fraction of sp³-hybridized carbons (Fsp3) is 0.611. The van der Waals surface area contributed by atoms with Crippen molar-refractivity contribution in [1.29, 1.82) is 0 Å². The van der Waals surface area contributed by atoms with Gasteiger partial charge >= 0.3 is 5.97 Å². The van der Waals surface area contributed by atoms with Crippen LogP contribution in [0, 0.1) is 0 Å². The summed E-state index contributed by atoms with van der Waals surface area (Å²) < 4.78 is 20.5. The van der Waals surface area contributed by atoms with Crippen LogP contribution in [0.4, 0.5) is 0 Å². The fourth-order valence-corrected chi connectivity index (χ4v) is 2.44. The molecule has 0 fully saturated rings. The van der Waals surface area contributed by atoms with Gasteiger partial charge in [-0.1, -0.05) is 0 Å². The molecule has 0 atom stereocenters. The summed E-state index contributed by atoms with van der Waals surface area (Å²) in [6.45, 7) is 2.48. The minimum Gasteiger partial charge on any atom is -0.497 e. The molecule has 6 heteroatoms.